The van der Waals surface area contributed by atoms with Crippen molar-refractivity contribution in [2.45, 2.75) is 12.8 Å². The van der Waals surface area contributed by atoms with Crippen LogP contribution in [0.15, 0.2) is 0 Å². The number of hydrogen-bond donors (Lipinski definition) is 1. The highest BCUT2D eigenvalue weighted by Crippen LogP contribution is 2.39. The van der Waals surface area contributed by atoms with E-state index in [1.807, 2.05) is 0 Å². The van der Waals surface area contributed by atoms with Crippen LogP contribution in [0.25, 0.3) is 0 Å². The van der Waals surface area contributed by atoms with Gasteiger partial charge in [-0.15, -0.1) is 0 Å². The average Bonchev–Trinajstić information content (AvgIpc) is 2.52. The van der Waals surface area contributed by atoms with Crippen molar-refractivity contribution < 1.29 is 0 Å². The molecule has 3 atom stereocenters. The van der Waals surface area contributed by atoms with E-state index in [4.69, 9.17) is 0 Å². The van der Waals surface area contributed by atoms with Gasteiger partial charge >= 0.3 is 0 Å². The van der Waals surface area contributed by atoms with Crippen LogP contribution in [-0.4, -0.2) is 38.6 Å². The molecule has 12 heavy (non-hydrogen) atoms. The summed E-state index contributed by atoms with van der Waals surface area (Å²) < 4.78 is 0. The molecule has 2 rings (SSSR count). The van der Waals surface area contributed by atoms with E-state index < -0.39 is 0 Å². The molecule has 2 aliphatic rings. The molecule has 1 saturated heterocycles. The normalized spacial score (nSPS) is 40.8. The molecule has 0 amide bonds. The molecule has 0 radical (unpaired) electrons. The second-order valence-corrected chi connectivity index (χ2v) is 4.68. The summed E-state index contributed by atoms with van der Waals surface area (Å²) in [4.78, 5) is 2.34. The van der Waals surface area contributed by atoms with Crippen LogP contribution in [-0.2, 0) is 0 Å². The quantitative estimate of drug-likeness (QED) is 0.656. The minimum absolute atomic E-state index is 0.972. The zero-order valence-electron chi connectivity index (χ0n) is 8.21. The third kappa shape index (κ3) is 1.50. The molecule has 0 aromatic rings. The predicted octanol–water partition coefficient (Wildman–Crippen LogP) is 0.794. The van der Waals surface area contributed by atoms with Gasteiger partial charge in [-0.3, -0.25) is 0 Å². The topological polar surface area (TPSA) is 15.3 Å². The summed E-state index contributed by atoms with van der Waals surface area (Å²) in [5.74, 6) is 2.97. The first-order valence-electron chi connectivity index (χ1n) is 5.13. The molecule has 2 fully saturated rings. The van der Waals surface area contributed by atoms with Gasteiger partial charge in [-0.25, -0.2) is 0 Å². The summed E-state index contributed by atoms with van der Waals surface area (Å²) >= 11 is 0. The summed E-state index contributed by atoms with van der Waals surface area (Å²) in [5, 5.41) is 3.51. The van der Waals surface area contributed by atoms with Crippen LogP contribution in [0.3, 0.4) is 0 Å². The molecule has 0 aromatic carbocycles. The van der Waals surface area contributed by atoms with Gasteiger partial charge in [0.05, 0.1) is 0 Å². The summed E-state index contributed by atoms with van der Waals surface area (Å²) in [7, 11) is 4.38. The van der Waals surface area contributed by atoms with E-state index in [1.165, 1.54) is 32.5 Å². The number of nitrogens with one attached hydrogen (secondary N) is 1. The minimum atomic E-state index is 0.972. The smallest absolute Gasteiger partial charge is 0.000680 e. The Morgan fingerprint density at radius 1 is 1.25 bits per heavy atom. The molecule has 0 aromatic heterocycles. The van der Waals surface area contributed by atoms with Crippen molar-refractivity contribution in [2.24, 2.45) is 17.8 Å². The standard InChI is InChI=1S/C10H20N2/c1-12(2)7-9-4-3-8-5-11-6-10(8)9/h8-11H,3-7H2,1-2H3/t8-,9?,10+/m1/s1. The molecule has 70 valence electrons. The Kier molecular flexibility index (Phi) is 2.37. The van der Waals surface area contributed by atoms with Crippen molar-refractivity contribution in [1.82, 2.24) is 10.2 Å². The molecular formula is C10H20N2. The fourth-order valence-electron chi connectivity index (χ4n) is 2.96. The fourth-order valence-corrected chi connectivity index (χ4v) is 2.96. The number of nitrogens with zero attached hydrogens (tertiary/aromatic N) is 1. The number of hydrogen-bond acceptors (Lipinski definition) is 2. The molecule has 1 N–H and O–H groups in total. The van der Waals surface area contributed by atoms with Crippen LogP contribution < -0.4 is 5.32 Å². The van der Waals surface area contributed by atoms with Crippen molar-refractivity contribution in [3.8, 4) is 0 Å². The lowest BCUT2D eigenvalue weighted by atomic mass is 9.92. The lowest BCUT2D eigenvalue weighted by Crippen LogP contribution is -2.27. The second kappa shape index (κ2) is 3.35. The van der Waals surface area contributed by atoms with E-state index in [0.29, 0.717) is 0 Å². The minimum Gasteiger partial charge on any atom is -0.316 e. The predicted molar refractivity (Wildman–Crippen MR) is 51.1 cm³/mol. The van der Waals surface area contributed by atoms with Gasteiger partial charge in [0.2, 0.25) is 0 Å². The largest absolute Gasteiger partial charge is 0.316 e. The first-order chi connectivity index (χ1) is 5.77. The number of fused-ring (bicyclic) bond motifs is 1. The molecular weight excluding hydrogens is 148 g/mol. The highest BCUT2D eigenvalue weighted by Gasteiger charge is 2.38. The number of rotatable bonds is 2. The molecule has 1 heterocycles. The Hall–Kier alpha value is -0.0800. The Morgan fingerprint density at radius 3 is 2.83 bits per heavy atom. The lowest BCUT2D eigenvalue weighted by molar-refractivity contribution is 0.272. The zero-order chi connectivity index (χ0) is 8.55. The summed E-state index contributed by atoms with van der Waals surface area (Å²) in [6.45, 7) is 3.86. The molecule has 0 spiro atoms. The maximum Gasteiger partial charge on any atom is 0.000680 e. The van der Waals surface area contributed by atoms with Gasteiger partial charge in [0.1, 0.15) is 0 Å². The fraction of sp³-hybridized carbons (Fsp3) is 1.00. The first kappa shape index (κ1) is 8.52. The molecule has 1 unspecified atom stereocenters. The molecule has 0 bridgehead atoms. The van der Waals surface area contributed by atoms with Gasteiger partial charge in [0, 0.05) is 6.54 Å². The lowest BCUT2D eigenvalue weighted by Gasteiger charge is -2.21. The Morgan fingerprint density at radius 2 is 2.08 bits per heavy atom. The van der Waals surface area contributed by atoms with Crippen LogP contribution in [0.1, 0.15) is 12.8 Å². The Labute approximate surface area is 75.3 Å². The maximum absolute atomic E-state index is 3.51. The molecule has 1 saturated carbocycles. The van der Waals surface area contributed by atoms with E-state index >= 15 is 0 Å². The van der Waals surface area contributed by atoms with Crippen LogP contribution in [0, 0.1) is 17.8 Å². The molecule has 1 aliphatic heterocycles. The van der Waals surface area contributed by atoms with Crippen LogP contribution in [0.2, 0.25) is 0 Å². The highest BCUT2D eigenvalue weighted by molar-refractivity contribution is 4.92. The van der Waals surface area contributed by atoms with Gasteiger partial charge < -0.3 is 10.2 Å². The highest BCUT2D eigenvalue weighted by atomic mass is 15.1. The van der Waals surface area contributed by atoms with E-state index in [1.54, 1.807) is 0 Å². The molecule has 1 aliphatic carbocycles. The van der Waals surface area contributed by atoms with Gasteiger partial charge in [-0.1, -0.05) is 0 Å². The maximum atomic E-state index is 3.51. The van der Waals surface area contributed by atoms with E-state index in [2.05, 4.69) is 24.3 Å². The molecule has 2 heteroatoms. The molecule has 2 nitrogen and oxygen atoms in total. The third-order valence-corrected chi connectivity index (χ3v) is 3.51. The summed E-state index contributed by atoms with van der Waals surface area (Å²) in [5.41, 5.74) is 0. The zero-order valence-corrected chi connectivity index (χ0v) is 8.21. The van der Waals surface area contributed by atoms with Crippen molar-refractivity contribution >= 4 is 0 Å². The van der Waals surface area contributed by atoms with Crippen LogP contribution in [0.5, 0.6) is 0 Å². The SMILES string of the molecule is CN(C)CC1CC[C@@H]2CNC[C@H]12. The monoisotopic (exact) mass is 168 g/mol. The summed E-state index contributed by atoms with van der Waals surface area (Å²) in [6.07, 6.45) is 2.94. The van der Waals surface area contributed by atoms with Crippen LogP contribution in [0.4, 0.5) is 0 Å². The first-order valence-corrected chi connectivity index (χ1v) is 5.13. The summed E-state index contributed by atoms with van der Waals surface area (Å²) in [6, 6.07) is 0. The van der Waals surface area contributed by atoms with Crippen molar-refractivity contribution in [3.05, 3.63) is 0 Å². The van der Waals surface area contributed by atoms with Crippen LogP contribution >= 0.6 is 0 Å². The Balaban J connectivity index is 1.91. The van der Waals surface area contributed by atoms with Crippen molar-refractivity contribution in [1.29, 1.82) is 0 Å². The third-order valence-electron chi connectivity index (χ3n) is 3.51. The van der Waals surface area contributed by atoms with Gasteiger partial charge in [0.15, 0.2) is 0 Å². The average molecular weight is 168 g/mol. The van der Waals surface area contributed by atoms with E-state index in [0.717, 1.165) is 17.8 Å². The van der Waals surface area contributed by atoms with Crippen molar-refractivity contribution in [3.63, 3.8) is 0 Å². The van der Waals surface area contributed by atoms with E-state index in [-0.39, 0.29) is 0 Å². The Bertz CT molecular complexity index is 156. The van der Waals surface area contributed by atoms with Gasteiger partial charge in [-0.05, 0) is 57.8 Å². The van der Waals surface area contributed by atoms with Crippen molar-refractivity contribution in [2.75, 3.05) is 33.7 Å². The van der Waals surface area contributed by atoms with E-state index in [9.17, 15) is 0 Å². The second-order valence-electron chi connectivity index (χ2n) is 4.68. The van der Waals surface area contributed by atoms with Gasteiger partial charge in [0.25, 0.3) is 0 Å². The van der Waals surface area contributed by atoms with Gasteiger partial charge in [-0.2, -0.15) is 0 Å².